The maximum absolute atomic E-state index is 10.1. The van der Waals surface area contributed by atoms with E-state index in [2.05, 4.69) is 0 Å². The number of aliphatic hydroxyl groups excluding tert-OH is 1. The molecule has 1 atom stereocenters. The van der Waals surface area contributed by atoms with Crippen LogP contribution in [0.2, 0.25) is 0 Å². The van der Waals surface area contributed by atoms with Crippen molar-refractivity contribution in [2.24, 2.45) is 0 Å². The van der Waals surface area contributed by atoms with Crippen LogP contribution in [0.3, 0.4) is 0 Å². The van der Waals surface area contributed by atoms with Gasteiger partial charge in [0.25, 0.3) is 0 Å². The second kappa shape index (κ2) is 5.09. The van der Waals surface area contributed by atoms with Crippen molar-refractivity contribution in [2.45, 2.75) is 18.9 Å². The van der Waals surface area contributed by atoms with E-state index in [9.17, 15) is 4.79 Å². The Morgan fingerprint density at radius 3 is 2.45 bits per heavy atom. The van der Waals surface area contributed by atoms with Crippen molar-refractivity contribution in [1.29, 1.82) is 0 Å². The van der Waals surface area contributed by atoms with Gasteiger partial charge in [0.2, 0.25) is 0 Å². The molecule has 0 fully saturated rings. The van der Waals surface area contributed by atoms with Crippen molar-refractivity contribution in [1.82, 2.24) is 4.90 Å². The lowest BCUT2D eigenvalue weighted by Crippen LogP contribution is -2.26. The second-order valence-corrected chi connectivity index (χ2v) is 2.85. The van der Waals surface area contributed by atoms with Gasteiger partial charge in [-0.25, -0.2) is 0 Å². The molecule has 4 nitrogen and oxygen atoms in total. The molecule has 0 saturated heterocycles. The summed E-state index contributed by atoms with van der Waals surface area (Å²) in [6.07, 6.45) is -0.163. The number of carbonyl (C=O) groups is 1. The van der Waals surface area contributed by atoms with Crippen molar-refractivity contribution >= 4 is 5.97 Å². The van der Waals surface area contributed by atoms with Crippen LogP contribution in [0.15, 0.2) is 0 Å². The molecule has 0 heterocycles. The van der Waals surface area contributed by atoms with Gasteiger partial charge in [0.05, 0.1) is 6.10 Å². The standard InChI is InChI=1S/C7H15NO3/c1-8(2)5-6(9)3-4-7(10)11/h6,9H,3-5H2,1-2H3,(H,10,11)/t6-/m1/s1. The Morgan fingerprint density at radius 1 is 1.55 bits per heavy atom. The fourth-order valence-electron chi connectivity index (χ4n) is 0.803. The highest BCUT2D eigenvalue weighted by atomic mass is 16.4. The molecule has 0 aliphatic rings. The van der Waals surface area contributed by atoms with E-state index in [4.69, 9.17) is 10.2 Å². The number of likely N-dealkylation sites (N-methyl/N-ethyl adjacent to an activating group) is 1. The van der Waals surface area contributed by atoms with Crippen molar-refractivity contribution in [2.75, 3.05) is 20.6 Å². The third kappa shape index (κ3) is 7.29. The van der Waals surface area contributed by atoms with E-state index in [0.29, 0.717) is 13.0 Å². The number of hydrogen-bond acceptors (Lipinski definition) is 3. The van der Waals surface area contributed by atoms with Crippen LogP contribution in [0.4, 0.5) is 0 Å². The predicted molar refractivity (Wildman–Crippen MR) is 41.4 cm³/mol. The Kier molecular flexibility index (Phi) is 4.81. The minimum atomic E-state index is -0.859. The first-order valence-corrected chi connectivity index (χ1v) is 3.57. The summed E-state index contributed by atoms with van der Waals surface area (Å²) in [4.78, 5) is 11.9. The fourth-order valence-corrected chi connectivity index (χ4v) is 0.803. The van der Waals surface area contributed by atoms with Gasteiger partial charge in [-0.2, -0.15) is 0 Å². The summed E-state index contributed by atoms with van der Waals surface area (Å²) >= 11 is 0. The molecular weight excluding hydrogens is 146 g/mol. The number of aliphatic carboxylic acids is 1. The molecule has 0 aromatic carbocycles. The van der Waals surface area contributed by atoms with Gasteiger partial charge in [0.15, 0.2) is 0 Å². The van der Waals surface area contributed by atoms with Gasteiger partial charge < -0.3 is 15.1 Å². The largest absolute Gasteiger partial charge is 0.481 e. The lowest BCUT2D eigenvalue weighted by molar-refractivity contribution is -0.137. The van der Waals surface area contributed by atoms with Gasteiger partial charge in [-0.05, 0) is 20.5 Å². The van der Waals surface area contributed by atoms with E-state index in [1.54, 1.807) is 0 Å². The van der Waals surface area contributed by atoms with Gasteiger partial charge >= 0.3 is 5.97 Å². The Hall–Kier alpha value is -0.610. The van der Waals surface area contributed by atoms with Gasteiger partial charge in [0.1, 0.15) is 0 Å². The Balaban J connectivity index is 3.37. The third-order valence-corrected chi connectivity index (χ3v) is 1.27. The maximum atomic E-state index is 10.1. The Bertz CT molecular complexity index is 125. The first kappa shape index (κ1) is 10.4. The monoisotopic (exact) mass is 161 g/mol. The molecule has 0 aromatic heterocycles. The van der Waals surface area contributed by atoms with Crippen LogP contribution >= 0.6 is 0 Å². The first-order chi connectivity index (χ1) is 5.02. The average Bonchev–Trinajstić information content (AvgIpc) is 1.82. The highest BCUT2D eigenvalue weighted by molar-refractivity contribution is 5.66. The Morgan fingerprint density at radius 2 is 2.09 bits per heavy atom. The molecule has 0 aromatic rings. The fraction of sp³-hybridized carbons (Fsp3) is 0.857. The minimum absolute atomic E-state index is 0.0367. The normalized spacial score (nSPS) is 13.5. The van der Waals surface area contributed by atoms with Crippen LogP contribution < -0.4 is 0 Å². The molecule has 4 heteroatoms. The first-order valence-electron chi connectivity index (χ1n) is 3.57. The predicted octanol–water partition coefficient (Wildman–Crippen LogP) is -0.226. The summed E-state index contributed by atoms with van der Waals surface area (Å²) in [5.41, 5.74) is 0. The van der Waals surface area contributed by atoms with Crippen LogP contribution in [0.1, 0.15) is 12.8 Å². The molecule has 0 saturated carbocycles. The summed E-state index contributed by atoms with van der Waals surface area (Å²) in [5.74, 6) is -0.859. The number of aliphatic hydroxyl groups is 1. The number of rotatable bonds is 5. The summed E-state index contributed by atoms with van der Waals surface area (Å²) in [7, 11) is 3.67. The topological polar surface area (TPSA) is 60.8 Å². The minimum Gasteiger partial charge on any atom is -0.481 e. The van der Waals surface area contributed by atoms with Gasteiger partial charge in [0, 0.05) is 13.0 Å². The van der Waals surface area contributed by atoms with Gasteiger partial charge in [-0.3, -0.25) is 4.79 Å². The zero-order chi connectivity index (χ0) is 8.85. The molecule has 2 N–H and O–H groups in total. The molecule has 0 aliphatic heterocycles. The van der Waals surface area contributed by atoms with Crippen molar-refractivity contribution < 1.29 is 15.0 Å². The maximum Gasteiger partial charge on any atom is 0.303 e. The Labute approximate surface area is 66.4 Å². The summed E-state index contributed by atoms with van der Waals surface area (Å²) in [6, 6.07) is 0. The molecule has 0 rings (SSSR count). The van der Waals surface area contributed by atoms with Crippen LogP contribution in [-0.4, -0.2) is 47.8 Å². The van der Waals surface area contributed by atoms with E-state index in [0.717, 1.165) is 0 Å². The molecule has 66 valence electrons. The number of hydrogen-bond donors (Lipinski definition) is 2. The highest BCUT2D eigenvalue weighted by Gasteiger charge is 2.07. The van der Waals surface area contributed by atoms with Crippen LogP contribution in [0.25, 0.3) is 0 Å². The van der Waals surface area contributed by atoms with Crippen LogP contribution in [-0.2, 0) is 4.79 Å². The zero-order valence-corrected chi connectivity index (χ0v) is 6.95. The molecule has 0 radical (unpaired) electrons. The highest BCUT2D eigenvalue weighted by Crippen LogP contribution is 1.97. The third-order valence-electron chi connectivity index (χ3n) is 1.27. The van der Waals surface area contributed by atoms with Crippen molar-refractivity contribution in [3.63, 3.8) is 0 Å². The quantitative estimate of drug-likeness (QED) is 0.585. The summed E-state index contributed by atoms with van der Waals surface area (Å²) < 4.78 is 0. The van der Waals surface area contributed by atoms with E-state index in [1.165, 1.54) is 0 Å². The molecular formula is C7H15NO3. The molecule has 0 spiro atoms. The molecule has 11 heavy (non-hydrogen) atoms. The zero-order valence-electron chi connectivity index (χ0n) is 6.95. The van der Waals surface area contributed by atoms with E-state index in [-0.39, 0.29) is 6.42 Å². The number of carboxylic acid groups (broad SMARTS) is 1. The molecule has 0 aliphatic carbocycles. The average molecular weight is 161 g/mol. The SMILES string of the molecule is CN(C)C[C@H](O)CCC(=O)O. The van der Waals surface area contributed by atoms with E-state index in [1.807, 2.05) is 19.0 Å². The van der Waals surface area contributed by atoms with Gasteiger partial charge in [-0.15, -0.1) is 0 Å². The molecule has 0 unspecified atom stereocenters. The van der Waals surface area contributed by atoms with Gasteiger partial charge in [-0.1, -0.05) is 0 Å². The van der Waals surface area contributed by atoms with Crippen LogP contribution in [0.5, 0.6) is 0 Å². The second-order valence-electron chi connectivity index (χ2n) is 2.85. The van der Waals surface area contributed by atoms with E-state index < -0.39 is 12.1 Å². The van der Waals surface area contributed by atoms with Crippen molar-refractivity contribution in [3.8, 4) is 0 Å². The number of nitrogens with zero attached hydrogens (tertiary/aromatic N) is 1. The summed E-state index contributed by atoms with van der Waals surface area (Å²) in [5, 5.41) is 17.4. The smallest absolute Gasteiger partial charge is 0.303 e. The van der Waals surface area contributed by atoms with Crippen molar-refractivity contribution in [3.05, 3.63) is 0 Å². The lowest BCUT2D eigenvalue weighted by atomic mass is 10.2. The molecule has 0 bridgehead atoms. The number of carboxylic acids is 1. The molecule has 0 amide bonds. The van der Waals surface area contributed by atoms with Crippen LogP contribution in [0, 0.1) is 0 Å². The van der Waals surface area contributed by atoms with E-state index >= 15 is 0 Å². The summed E-state index contributed by atoms with van der Waals surface area (Å²) in [6.45, 7) is 0.521. The lowest BCUT2D eigenvalue weighted by Gasteiger charge is -2.14.